The van der Waals surface area contributed by atoms with Gasteiger partial charge in [-0.2, -0.15) is 4.31 Å². The van der Waals surface area contributed by atoms with E-state index < -0.39 is 10.0 Å². The zero-order valence-electron chi connectivity index (χ0n) is 16.3. The van der Waals surface area contributed by atoms with Gasteiger partial charge in [-0.25, -0.2) is 13.1 Å². The Morgan fingerprint density at radius 3 is 2.67 bits per heavy atom. The number of aromatic nitrogens is 3. The molecule has 0 spiro atoms. The Balaban J connectivity index is 1.40. The van der Waals surface area contributed by atoms with Crippen LogP contribution in [0.4, 0.5) is 0 Å². The fourth-order valence-electron chi connectivity index (χ4n) is 3.49. The number of halogens is 1. The van der Waals surface area contributed by atoms with Crippen molar-refractivity contribution in [2.75, 3.05) is 13.1 Å². The van der Waals surface area contributed by atoms with Gasteiger partial charge in [-0.15, -0.1) is 5.10 Å². The van der Waals surface area contributed by atoms with Gasteiger partial charge in [0.2, 0.25) is 15.9 Å². The highest BCUT2D eigenvalue weighted by molar-refractivity contribution is 7.89. The van der Waals surface area contributed by atoms with Crippen molar-refractivity contribution < 1.29 is 13.2 Å². The highest BCUT2D eigenvalue weighted by atomic mass is 35.5. The number of nitrogens with zero attached hydrogens (tertiary/aromatic N) is 4. The average molecular weight is 448 g/mol. The number of aryl methyl sites for hydroxylation is 1. The van der Waals surface area contributed by atoms with E-state index in [0.717, 1.165) is 18.4 Å². The Bertz CT molecular complexity index is 1170. The van der Waals surface area contributed by atoms with Crippen LogP contribution in [0, 0.1) is 0 Å². The molecule has 4 rings (SSSR count). The Morgan fingerprint density at radius 1 is 1.13 bits per heavy atom. The number of hydrogen-bond acceptors (Lipinski definition) is 5. The van der Waals surface area contributed by atoms with E-state index in [-0.39, 0.29) is 17.2 Å². The van der Waals surface area contributed by atoms with Crippen LogP contribution in [0.5, 0.6) is 0 Å². The Hall–Kier alpha value is -2.49. The van der Waals surface area contributed by atoms with Crippen molar-refractivity contribution in [3.05, 3.63) is 53.1 Å². The van der Waals surface area contributed by atoms with E-state index in [1.807, 2.05) is 18.2 Å². The smallest absolute Gasteiger partial charge is 0.243 e. The summed E-state index contributed by atoms with van der Waals surface area (Å²) in [6, 6.07) is 12.2. The maximum Gasteiger partial charge on any atom is 0.243 e. The molecule has 1 N–H and O–H groups in total. The van der Waals surface area contributed by atoms with Crippen LogP contribution >= 0.6 is 11.6 Å². The summed E-state index contributed by atoms with van der Waals surface area (Å²) in [5.74, 6) is -0.133. The molecule has 8 nitrogen and oxygen atoms in total. The predicted octanol–water partition coefficient (Wildman–Crippen LogP) is 2.58. The number of rotatable bonds is 7. The van der Waals surface area contributed by atoms with E-state index in [1.54, 1.807) is 28.9 Å². The summed E-state index contributed by atoms with van der Waals surface area (Å²) in [6.45, 7) is 1.80. The summed E-state index contributed by atoms with van der Waals surface area (Å²) in [6.07, 6.45) is 1.99. The molecular weight excluding hydrogens is 426 g/mol. The number of amides is 1. The number of hydrogen-bond donors (Lipinski definition) is 1. The van der Waals surface area contributed by atoms with E-state index in [0.29, 0.717) is 42.2 Å². The lowest BCUT2D eigenvalue weighted by molar-refractivity contribution is -0.121. The minimum atomic E-state index is -3.50. The first-order valence-electron chi connectivity index (χ1n) is 9.79. The predicted molar refractivity (Wildman–Crippen MR) is 113 cm³/mol. The molecule has 1 fully saturated rings. The molecule has 1 saturated heterocycles. The molecule has 158 valence electrons. The minimum Gasteiger partial charge on any atom is -0.352 e. The maximum absolute atomic E-state index is 12.7. The molecule has 1 amide bonds. The lowest BCUT2D eigenvalue weighted by Crippen LogP contribution is -2.27. The van der Waals surface area contributed by atoms with Crippen LogP contribution in [-0.2, 0) is 27.9 Å². The topological polar surface area (TPSA) is 97.2 Å². The van der Waals surface area contributed by atoms with Gasteiger partial charge in [0.15, 0.2) is 0 Å². The molecule has 1 aromatic heterocycles. The third-order valence-electron chi connectivity index (χ3n) is 5.17. The second-order valence-electron chi connectivity index (χ2n) is 7.19. The number of fused-ring (bicyclic) bond motifs is 1. The molecule has 2 heterocycles. The first kappa shape index (κ1) is 20.8. The molecule has 3 aromatic rings. The molecular formula is C20H22ClN5O3S. The van der Waals surface area contributed by atoms with Crippen molar-refractivity contribution in [1.82, 2.24) is 24.6 Å². The third-order valence-corrected chi connectivity index (χ3v) is 7.44. The minimum absolute atomic E-state index is 0.133. The summed E-state index contributed by atoms with van der Waals surface area (Å²) in [4.78, 5) is 12.4. The van der Waals surface area contributed by atoms with E-state index in [9.17, 15) is 13.2 Å². The van der Waals surface area contributed by atoms with Crippen molar-refractivity contribution in [2.24, 2.45) is 0 Å². The van der Waals surface area contributed by atoms with Gasteiger partial charge in [-0.05, 0) is 42.7 Å². The summed E-state index contributed by atoms with van der Waals surface area (Å²) in [5, 5.41) is 11.6. The second kappa shape index (κ2) is 8.71. The molecule has 0 saturated carbocycles. The number of benzene rings is 2. The Morgan fingerprint density at radius 2 is 1.90 bits per heavy atom. The largest absolute Gasteiger partial charge is 0.352 e. The van der Waals surface area contributed by atoms with Gasteiger partial charge < -0.3 is 5.32 Å². The normalized spacial score (nSPS) is 15.0. The molecule has 0 bridgehead atoms. The molecule has 2 aromatic carbocycles. The molecule has 0 aliphatic carbocycles. The number of carbonyl (C=O) groups excluding carboxylic acids is 1. The van der Waals surface area contributed by atoms with E-state index in [1.165, 1.54) is 4.31 Å². The fourth-order valence-corrected chi connectivity index (χ4v) is 5.23. The van der Waals surface area contributed by atoms with Gasteiger partial charge in [0.1, 0.15) is 5.52 Å². The van der Waals surface area contributed by atoms with Crippen LogP contribution in [0.2, 0.25) is 5.02 Å². The highest BCUT2D eigenvalue weighted by Gasteiger charge is 2.27. The van der Waals surface area contributed by atoms with Gasteiger partial charge in [-0.1, -0.05) is 35.0 Å². The van der Waals surface area contributed by atoms with Crippen molar-refractivity contribution in [2.45, 2.75) is 37.2 Å². The third kappa shape index (κ3) is 4.33. The first-order valence-corrected chi connectivity index (χ1v) is 11.6. The lowest BCUT2D eigenvalue weighted by Gasteiger charge is -2.15. The molecule has 1 aliphatic rings. The van der Waals surface area contributed by atoms with Crippen molar-refractivity contribution in [3.8, 4) is 0 Å². The quantitative estimate of drug-likeness (QED) is 0.600. The van der Waals surface area contributed by atoms with Crippen molar-refractivity contribution in [1.29, 1.82) is 0 Å². The zero-order chi connectivity index (χ0) is 21.1. The van der Waals surface area contributed by atoms with Crippen LogP contribution in [0.1, 0.15) is 24.8 Å². The van der Waals surface area contributed by atoms with Crippen LogP contribution in [0.25, 0.3) is 11.0 Å². The maximum atomic E-state index is 12.7. The van der Waals surface area contributed by atoms with E-state index in [2.05, 4.69) is 15.6 Å². The standard InChI is InChI=1S/C20H22ClN5O3S/c21-17-6-2-1-5-15(17)14-22-20(27)9-12-26-19-8-7-16(13-18(19)23-24-26)30(28,29)25-10-3-4-11-25/h1-2,5-8,13H,3-4,9-12,14H2,(H,22,27). The van der Waals surface area contributed by atoms with Gasteiger partial charge in [0.25, 0.3) is 0 Å². The van der Waals surface area contributed by atoms with Crippen molar-refractivity contribution in [3.63, 3.8) is 0 Å². The highest BCUT2D eigenvalue weighted by Crippen LogP contribution is 2.23. The van der Waals surface area contributed by atoms with Crippen LogP contribution in [0.15, 0.2) is 47.4 Å². The SMILES string of the molecule is O=C(CCn1nnc2cc(S(=O)(=O)N3CCCC3)ccc21)NCc1ccccc1Cl. The van der Waals surface area contributed by atoms with Crippen LogP contribution in [0.3, 0.4) is 0 Å². The number of sulfonamides is 1. The van der Waals surface area contributed by atoms with Crippen molar-refractivity contribution >= 4 is 38.6 Å². The number of nitrogens with one attached hydrogen (secondary N) is 1. The first-order chi connectivity index (χ1) is 14.4. The summed E-state index contributed by atoms with van der Waals surface area (Å²) < 4.78 is 28.6. The molecule has 10 heteroatoms. The molecule has 0 unspecified atom stereocenters. The monoisotopic (exact) mass is 447 g/mol. The Kier molecular flexibility index (Phi) is 6.03. The molecule has 0 atom stereocenters. The fraction of sp³-hybridized carbons (Fsp3) is 0.350. The van der Waals surface area contributed by atoms with Gasteiger partial charge in [0, 0.05) is 31.1 Å². The summed E-state index contributed by atoms with van der Waals surface area (Å²) in [7, 11) is -3.50. The van der Waals surface area contributed by atoms with Gasteiger partial charge >= 0.3 is 0 Å². The number of carbonyl (C=O) groups is 1. The Labute approximate surface area is 179 Å². The second-order valence-corrected chi connectivity index (χ2v) is 9.54. The van der Waals surface area contributed by atoms with Gasteiger partial charge in [-0.3, -0.25) is 4.79 Å². The van der Waals surface area contributed by atoms with Crippen LogP contribution in [-0.4, -0.2) is 46.7 Å². The molecule has 30 heavy (non-hydrogen) atoms. The zero-order valence-corrected chi connectivity index (χ0v) is 17.9. The summed E-state index contributed by atoms with van der Waals surface area (Å²) in [5.41, 5.74) is 2.03. The molecule has 0 radical (unpaired) electrons. The summed E-state index contributed by atoms with van der Waals surface area (Å²) >= 11 is 6.10. The molecule has 1 aliphatic heterocycles. The van der Waals surface area contributed by atoms with E-state index in [4.69, 9.17) is 11.6 Å². The lowest BCUT2D eigenvalue weighted by atomic mass is 10.2. The van der Waals surface area contributed by atoms with E-state index >= 15 is 0 Å². The van der Waals surface area contributed by atoms with Gasteiger partial charge in [0.05, 0.1) is 17.0 Å². The van der Waals surface area contributed by atoms with Crippen LogP contribution < -0.4 is 5.32 Å². The average Bonchev–Trinajstić information content (AvgIpc) is 3.42.